The number of thiocarbonyl (C=S) groups is 1. The Labute approximate surface area is 262 Å². The van der Waals surface area contributed by atoms with Crippen molar-refractivity contribution in [2.75, 3.05) is 12.0 Å². The summed E-state index contributed by atoms with van der Waals surface area (Å²) in [5, 5.41) is 6.69. The maximum Gasteiger partial charge on any atom is 0.174 e. The van der Waals surface area contributed by atoms with Crippen molar-refractivity contribution < 1.29 is 9.47 Å². The highest BCUT2D eigenvalue weighted by Gasteiger charge is 2.42. The molecular weight excluding hydrogens is 565 g/mol. The van der Waals surface area contributed by atoms with Gasteiger partial charge in [-0.1, -0.05) is 42.5 Å². The van der Waals surface area contributed by atoms with Crippen LogP contribution in [0, 0.1) is 13.8 Å². The Kier molecular flexibility index (Phi) is 7.24. The molecule has 0 aliphatic carbocycles. The van der Waals surface area contributed by atoms with Gasteiger partial charge in [-0.2, -0.15) is 0 Å². The fourth-order valence-electron chi connectivity index (χ4n) is 6.26. The van der Waals surface area contributed by atoms with Gasteiger partial charge in [-0.25, -0.2) is 0 Å². The van der Waals surface area contributed by atoms with E-state index in [2.05, 4.69) is 95.4 Å². The lowest BCUT2D eigenvalue weighted by atomic mass is 9.96. The van der Waals surface area contributed by atoms with Crippen LogP contribution in [-0.4, -0.2) is 21.8 Å². The first-order valence-corrected chi connectivity index (χ1v) is 15.0. The lowest BCUT2D eigenvalue weighted by molar-refractivity contribution is 0.413. The zero-order valence-electron chi connectivity index (χ0n) is 24.8. The van der Waals surface area contributed by atoms with Crippen LogP contribution in [0.1, 0.15) is 34.7 Å². The number of aromatic nitrogens is 2. The van der Waals surface area contributed by atoms with Crippen LogP contribution in [0.15, 0.2) is 121 Å². The molecule has 0 saturated carbocycles. The second kappa shape index (κ2) is 11.5. The summed E-state index contributed by atoms with van der Waals surface area (Å²) in [6.45, 7) is 4.37. The largest absolute Gasteiger partial charge is 0.497 e. The normalized spacial score (nSPS) is 16.2. The summed E-state index contributed by atoms with van der Waals surface area (Å²) in [5.41, 5.74) is 6.60. The first kappa shape index (κ1) is 27.7. The predicted molar refractivity (Wildman–Crippen MR) is 180 cm³/mol. The molecule has 3 heterocycles. The Balaban J connectivity index is 1.29. The maximum atomic E-state index is 6.11. The SMILES string of the molecule is COc1ccc(Oc2ccc(N3C(=S)N[C@@H](c4ccccn4)[C@H]3c3cc(C)n(-c4cccc5ccccc45)c3C)cc2)cc1. The molecule has 7 heteroatoms. The number of nitrogens with one attached hydrogen (secondary N) is 1. The van der Waals surface area contributed by atoms with Crippen molar-refractivity contribution in [1.29, 1.82) is 0 Å². The quantitative estimate of drug-likeness (QED) is 0.186. The van der Waals surface area contributed by atoms with Crippen molar-refractivity contribution in [3.8, 4) is 22.9 Å². The number of nitrogens with zero attached hydrogens (tertiary/aromatic N) is 3. The third-order valence-electron chi connectivity index (χ3n) is 8.30. The molecule has 0 spiro atoms. The molecule has 1 saturated heterocycles. The molecule has 6 nitrogen and oxygen atoms in total. The van der Waals surface area contributed by atoms with Gasteiger partial charge in [0.25, 0.3) is 0 Å². The lowest BCUT2D eigenvalue weighted by Crippen LogP contribution is -2.29. The van der Waals surface area contributed by atoms with Crippen LogP contribution in [0.5, 0.6) is 17.2 Å². The molecule has 218 valence electrons. The molecule has 0 unspecified atom stereocenters. The Hall–Kier alpha value is -5.14. The van der Waals surface area contributed by atoms with Gasteiger partial charge in [-0.3, -0.25) is 4.98 Å². The minimum absolute atomic E-state index is 0.124. The average molecular weight is 597 g/mol. The maximum absolute atomic E-state index is 6.11. The number of benzene rings is 4. The Bertz CT molecular complexity index is 1950. The summed E-state index contributed by atoms with van der Waals surface area (Å²) in [5.74, 6) is 2.27. The van der Waals surface area contributed by atoms with E-state index in [1.807, 2.05) is 54.7 Å². The lowest BCUT2D eigenvalue weighted by Gasteiger charge is -2.28. The number of rotatable bonds is 7. The smallest absolute Gasteiger partial charge is 0.174 e. The molecule has 0 amide bonds. The Morgan fingerprint density at radius 1 is 0.773 bits per heavy atom. The summed E-state index contributed by atoms with van der Waals surface area (Å²) in [4.78, 5) is 6.96. The van der Waals surface area contributed by atoms with E-state index in [4.69, 9.17) is 26.7 Å². The highest BCUT2D eigenvalue weighted by atomic mass is 32.1. The molecule has 2 aromatic heterocycles. The number of hydrogen-bond acceptors (Lipinski definition) is 4. The Morgan fingerprint density at radius 2 is 1.45 bits per heavy atom. The van der Waals surface area contributed by atoms with Gasteiger partial charge in [0.05, 0.1) is 30.6 Å². The van der Waals surface area contributed by atoms with Crippen molar-refractivity contribution in [3.63, 3.8) is 0 Å². The molecule has 6 aromatic rings. The van der Waals surface area contributed by atoms with E-state index in [0.29, 0.717) is 5.11 Å². The number of ether oxygens (including phenoxy) is 2. The van der Waals surface area contributed by atoms with Crippen LogP contribution in [0.4, 0.5) is 5.69 Å². The van der Waals surface area contributed by atoms with Gasteiger partial charge < -0.3 is 24.3 Å². The van der Waals surface area contributed by atoms with E-state index in [-0.39, 0.29) is 12.1 Å². The van der Waals surface area contributed by atoms with Crippen LogP contribution in [-0.2, 0) is 0 Å². The van der Waals surface area contributed by atoms with E-state index < -0.39 is 0 Å². The van der Waals surface area contributed by atoms with Crippen LogP contribution in [0.2, 0.25) is 0 Å². The molecule has 1 aliphatic rings. The highest BCUT2D eigenvalue weighted by Crippen LogP contribution is 2.44. The Morgan fingerprint density at radius 3 is 2.18 bits per heavy atom. The fraction of sp³-hybridized carbons (Fsp3) is 0.135. The molecule has 1 fully saturated rings. The van der Waals surface area contributed by atoms with Gasteiger partial charge in [0.2, 0.25) is 0 Å². The molecule has 0 radical (unpaired) electrons. The van der Waals surface area contributed by atoms with Crippen molar-refractivity contribution in [2.24, 2.45) is 0 Å². The van der Waals surface area contributed by atoms with Gasteiger partial charge >= 0.3 is 0 Å². The number of fused-ring (bicyclic) bond motifs is 1. The second-order valence-corrected chi connectivity index (χ2v) is 11.3. The van der Waals surface area contributed by atoms with Gasteiger partial charge in [-0.15, -0.1) is 0 Å². The van der Waals surface area contributed by atoms with E-state index in [1.54, 1.807) is 7.11 Å². The molecular formula is C37H32N4O2S. The summed E-state index contributed by atoms with van der Waals surface area (Å²) in [7, 11) is 1.65. The number of hydrogen-bond donors (Lipinski definition) is 1. The van der Waals surface area contributed by atoms with Gasteiger partial charge in [0, 0.05) is 28.7 Å². The number of methoxy groups -OCH3 is 1. The molecule has 4 aromatic carbocycles. The first-order valence-electron chi connectivity index (χ1n) is 14.6. The van der Waals surface area contributed by atoms with Crippen molar-refractivity contribution in [2.45, 2.75) is 25.9 Å². The minimum Gasteiger partial charge on any atom is -0.497 e. The van der Waals surface area contributed by atoms with Crippen LogP contribution >= 0.6 is 12.2 Å². The fourth-order valence-corrected chi connectivity index (χ4v) is 6.61. The first-order chi connectivity index (χ1) is 21.5. The predicted octanol–water partition coefficient (Wildman–Crippen LogP) is 8.62. The molecule has 7 rings (SSSR count). The topological polar surface area (TPSA) is 51.6 Å². The molecule has 44 heavy (non-hydrogen) atoms. The third-order valence-corrected chi connectivity index (χ3v) is 8.62. The summed E-state index contributed by atoms with van der Waals surface area (Å²) in [6.07, 6.45) is 1.84. The van der Waals surface area contributed by atoms with E-state index >= 15 is 0 Å². The van der Waals surface area contributed by atoms with Gasteiger partial charge in [-0.05, 0) is 110 Å². The zero-order valence-corrected chi connectivity index (χ0v) is 25.6. The average Bonchev–Trinajstić information content (AvgIpc) is 3.56. The molecule has 0 bridgehead atoms. The van der Waals surface area contributed by atoms with E-state index in [1.165, 1.54) is 27.7 Å². The van der Waals surface area contributed by atoms with Crippen LogP contribution in [0.25, 0.3) is 16.5 Å². The van der Waals surface area contributed by atoms with E-state index in [0.717, 1.165) is 34.3 Å². The monoisotopic (exact) mass is 596 g/mol. The van der Waals surface area contributed by atoms with Crippen molar-refractivity contribution >= 4 is 33.8 Å². The number of anilines is 1. The van der Waals surface area contributed by atoms with Gasteiger partial charge in [0.1, 0.15) is 17.2 Å². The summed E-state index contributed by atoms with van der Waals surface area (Å²) in [6, 6.07) is 38.7. The third kappa shape index (κ3) is 4.95. The standard InChI is InChI=1S/C37H32N4O2S/c1-24-23-32(25(2)40(24)34-13-8-10-26-9-4-5-11-31(26)34)36-35(33-12-6-7-22-38-33)39-37(44)41(36)27-14-16-29(17-15-27)43-30-20-18-28(42-3)19-21-30/h4-23,35-36H,1-3H3,(H,39,44)/t35-,36+/m0/s1. The van der Waals surface area contributed by atoms with Crippen molar-refractivity contribution in [1.82, 2.24) is 14.9 Å². The highest BCUT2D eigenvalue weighted by molar-refractivity contribution is 7.80. The summed E-state index contributed by atoms with van der Waals surface area (Å²) < 4.78 is 13.7. The second-order valence-electron chi connectivity index (χ2n) is 10.9. The van der Waals surface area contributed by atoms with Gasteiger partial charge in [0.15, 0.2) is 5.11 Å². The van der Waals surface area contributed by atoms with Crippen LogP contribution < -0.4 is 19.7 Å². The minimum atomic E-state index is -0.139. The molecule has 1 N–H and O–H groups in total. The number of aryl methyl sites for hydroxylation is 1. The zero-order chi connectivity index (χ0) is 30.2. The molecule has 2 atom stereocenters. The van der Waals surface area contributed by atoms with E-state index in [9.17, 15) is 0 Å². The number of pyridine rings is 1. The van der Waals surface area contributed by atoms with Crippen LogP contribution in [0.3, 0.4) is 0 Å². The molecule has 1 aliphatic heterocycles. The van der Waals surface area contributed by atoms with Crippen molar-refractivity contribution in [3.05, 3.63) is 144 Å². The summed E-state index contributed by atoms with van der Waals surface area (Å²) >= 11 is 6.01.